The van der Waals surface area contributed by atoms with Gasteiger partial charge in [-0.3, -0.25) is 25.0 Å². The maximum absolute atomic E-state index is 12.6. The molecule has 0 aromatic carbocycles. The topological polar surface area (TPSA) is 102 Å². The maximum Gasteiger partial charge on any atom is 0.331 e. The summed E-state index contributed by atoms with van der Waals surface area (Å²) in [6.45, 7) is 5.69. The quantitative estimate of drug-likeness (QED) is 0.361. The van der Waals surface area contributed by atoms with Gasteiger partial charge in [-0.25, -0.2) is 4.79 Å². The van der Waals surface area contributed by atoms with Gasteiger partial charge in [0, 0.05) is 0 Å². The number of amides is 4. The van der Waals surface area contributed by atoms with Crippen molar-refractivity contribution in [2.75, 3.05) is 0 Å². The Kier molecular flexibility index (Phi) is 7.88. The second-order valence-electron chi connectivity index (χ2n) is 6.16. The van der Waals surface area contributed by atoms with Crippen molar-refractivity contribution in [3.05, 3.63) is 0 Å². The van der Waals surface area contributed by atoms with E-state index in [1.165, 1.54) is 0 Å². The van der Waals surface area contributed by atoms with Crippen molar-refractivity contribution in [2.45, 2.75) is 78.2 Å². The first-order chi connectivity index (χ1) is 11.4. The average molecular weight is 340 g/mol. The summed E-state index contributed by atoms with van der Waals surface area (Å²) in [4.78, 5) is 48.2. The highest BCUT2D eigenvalue weighted by Crippen LogP contribution is 2.29. The number of rotatable bonds is 10. The Hall–Kier alpha value is -1.92. The van der Waals surface area contributed by atoms with E-state index >= 15 is 0 Å². The molecule has 0 radical (unpaired) electrons. The fraction of sp³-hybridized carbons (Fsp3) is 0.765. The lowest BCUT2D eigenvalue weighted by Crippen LogP contribution is -2.65. The number of hydrogen-bond acceptors (Lipinski definition) is 5. The van der Waals surface area contributed by atoms with E-state index < -0.39 is 29.2 Å². The molecule has 1 aliphatic rings. The third-order valence-corrected chi connectivity index (χ3v) is 4.39. The molecule has 1 unspecified atom stereocenters. The van der Waals surface area contributed by atoms with Gasteiger partial charge in [-0.05, 0) is 25.7 Å². The van der Waals surface area contributed by atoms with Crippen LogP contribution in [0.4, 0.5) is 4.79 Å². The molecule has 4 amide bonds. The molecule has 0 aromatic rings. The van der Waals surface area contributed by atoms with Gasteiger partial charge >= 0.3 is 12.0 Å². The predicted molar refractivity (Wildman–Crippen MR) is 88.0 cm³/mol. The summed E-state index contributed by atoms with van der Waals surface area (Å²) in [5, 5.41) is 3.98. The maximum atomic E-state index is 12.6. The zero-order valence-corrected chi connectivity index (χ0v) is 14.8. The smallest absolute Gasteiger partial charge is 0.331 e. The summed E-state index contributed by atoms with van der Waals surface area (Å²) in [5.41, 5.74) is -1.98. The molecule has 2 N–H and O–H groups in total. The molecule has 0 spiro atoms. The van der Waals surface area contributed by atoms with E-state index in [1.807, 2.05) is 17.6 Å². The van der Waals surface area contributed by atoms with Gasteiger partial charge in [0.1, 0.15) is 6.10 Å². The van der Waals surface area contributed by atoms with Crippen LogP contribution < -0.4 is 10.6 Å². The summed E-state index contributed by atoms with van der Waals surface area (Å²) in [6, 6.07) is -0.910. The predicted octanol–water partition coefficient (Wildman–Crippen LogP) is 2.43. The van der Waals surface area contributed by atoms with Gasteiger partial charge in [0.2, 0.25) is 5.41 Å². The lowest BCUT2D eigenvalue weighted by atomic mass is 9.81. The van der Waals surface area contributed by atoms with E-state index in [0.717, 1.165) is 32.1 Å². The molecule has 1 atom stereocenters. The first kappa shape index (κ1) is 20.1. The Balaban J connectivity index is 2.87. The third-order valence-electron chi connectivity index (χ3n) is 4.39. The summed E-state index contributed by atoms with van der Waals surface area (Å²) in [5.74, 6) is -2.69. The van der Waals surface area contributed by atoms with Gasteiger partial charge in [0.05, 0.1) is 0 Å². The standard InChI is InChI=1S/C17H28N2O5/c1-4-7-9-11-12(10-8-5-2)24-15(22)17(6-3)13(20)18-16(23)19-14(17)21/h12H,4-11H2,1-3H3,(H2,18,19,20,21,23). The molecule has 24 heavy (non-hydrogen) atoms. The number of imide groups is 2. The van der Waals surface area contributed by atoms with Crippen molar-refractivity contribution in [3.8, 4) is 0 Å². The van der Waals surface area contributed by atoms with Crippen LogP contribution in [-0.2, 0) is 19.1 Å². The second kappa shape index (κ2) is 9.39. The zero-order chi connectivity index (χ0) is 18.2. The van der Waals surface area contributed by atoms with Gasteiger partial charge in [0.25, 0.3) is 11.8 Å². The van der Waals surface area contributed by atoms with Crippen LogP contribution in [0.25, 0.3) is 0 Å². The molecule has 7 nitrogen and oxygen atoms in total. The number of hydrogen-bond donors (Lipinski definition) is 2. The van der Waals surface area contributed by atoms with Gasteiger partial charge < -0.3 is 4.74 Å². The lowest BCUT2D eigenvalue weighted by Gasteiger charge is -2.32. The normalized spacial score (nSPS) is 17.9. The van der Waals surface area contributed by atoms with E-state index in [0.29, 0.717) is 12.8 Å². The van der Waals surface area contributed by atoms with Gasteiger partial charge in [0.15, 0.2) is 0 Å². The zero-order valence-electron chi connectivity index (χ0n) is 14.8. The summed E-state index contributed by atoms with van der Waals surface area (Å²) < 4.78 is 5.54. The van der Waals surface area contributed by atoms with Crippen molar-refractivity contribution in [1.82, 2.24) is 10.6 Å². The number of ether oxygens (including phenoxy) is 1. The molecule has 1 heterocycles. The fourth-order valence-electron chi connectivity index (χ4n) is 2.77. The van der Waals surface area contributed by atoms with E-state index in [4.69, 9.17) is 4.74 Å². The van der Waals surface area contributed by atoms with E-state index in [-0.39, 0.29) is 12.5 Å². The molecule has 0 bridgehead atoms. The summed E-state index contributed by atoms with van der Waals surface area (Å²) in [7, 11) is 0. The lowest BCUT2D eigenvalue weighted by molar-refractivity contribution is -0.171. The minimum Gasteiger partial charge on any atom is -0.461 e. The third kappa shape index (κ3) is 4.55. The molecule has 1 aliphatic heterocycles. The monoisotopic (exact) mass is 340 g/mol. The molecule has 1 rings (SSSR count). The van der Waals surface area contributed by atoms with E-state index in [2.05, 4.69) is 6.92 Å². The highest BCUT2D eigenvalue weighted by atomic mass is 16.5. The average Bonchev–Trinajstić information content (AvgIpc) is 2.52. The van der Waals surface area contributed by atoms with Crippen LogP contribution in [0, 0.1) is 5.41 Å². The molecule has 0 aromatic heterocycles. The van der Waals surface area contributed by atoms with Crippen LogP contribution in [0.5, 0.6) is 0 Å². The van der Waals surface area contributed by atoms with Crippen LogP contribution in [0.3, 0.4) is 0 Å². The Morgan fingerprint density at radius 2 is 1.50 bits per heavy atom. The van der Waals surface area contributed by atoms with E-state index in [1.54, 1.807) is 6.92 Å². The highest BCUT2D eigenvalue weighted by molar-refractivity contribution is 6.29. The molecular formula is C17H28N2O5. The Morgan fingerprint density at radius 1 is 0.958 bits per heavy atom. The van der Waals surface area contributed by atoms with Crippen LogP contribution >= 0.6 is 0 Å². The van der Waals surface area contributed by atoms with Crippen molar-refractivity contribution < 1.29 is 23.9 Å². The van der Waals surface area contributed by atoms with Crippen molar-refractivity contribution >= 4 is 23.8 Å². The number of carbonyl (C=O) groups excluding carboxylic acids is 4. The van der Waals surface area contributed by atoms with Crippen molar-refractivity contribution in [1.29, 1.82) is 0 Å². The SMILES string of the molecule is CCCCCC(CCCC)OC(=O)C1(CC)C(=O)NC(=O)NC1=O. The van der Waals surface area contributed by atoms with Crippen LogP contribution in [-0.4, -0.2) is 29.9 Å². The fourth-order valence-corrected chi connectivity index (χ4v) is 2.77. The highest BCUT2D eigenvalue weighted by Gasteiger charge is 2.56. The number of urea groups is 1. The number of barbiturate groups is 1. The van der Waals surface area contributed by atoms with Crippen LogP contribution in [0.2, 0.25) is 0 Å². The number of esters is 1. The van der Waals surface area contributed by atoms with Crippen molar-refractivity contribution in [2.24, 2.45) is 5.41 Å². The first-order valence-electron chi connectivity index (χ1n) is 8.80. The minimum atomic E-state index is -1.98. The molecule has 1 saturated heterocycles. The van der Waals surface area contributed by atoms with E-state index in [9.17, 15) is 19.2 Å². The van der Waals surface area contributed by atoms with Crippen LogP contribution in [0.1, 0.15) is 72.1 Å². The summed E-state index contributed by atoms with van der Waals surface area (Å²) in [6.07, 6.45) is 5.92. The largest absolute Gasteiger partial charge is 0.461 e. The number of nitrogens with one attached hydrogen (secondary N) is 2. The van der Waals surface area contributed by atoms with Gasteiger partial charge in [-0.15, -0.1) is 0 Å². The Bertz CT molecular complexity index is 469. The molecule has 136 valence electrons. The molecule has 0 saturated carbocycles. The van der Waals surface area contributed by atoms with Gasteiger partial charge in [-0.1, -0.05) is 46.5 Å². The molecule has 1 fully saturated rings. The number of unbranched alkanes of at least 4 members (excludes halogenated alkanes) is 3. The Morgan fingerprint density at radius 3 is 2.00 bits per heavy atom. The first-order valence-corrected chi connectivity index (χ1v) is 8.80. The molecular weight excluding hydrogens is 312 g/mol. The molecule has 0 aliphatic carbocycles. The van der Waals surface area contributed by atoms with Crippen LogP contribution in [0.15, 0.2) is 0 Å². The second-order valence-corrected chi connectivity index (χ2v) is 6.16. The summed E-state index contributed by atoms with van der Waals surface area (Å²) >= 11 is 0. The number of carbonyl (C=O) groups is 4. The Labute approximate surface area is 142 Å². The van der Waals surface area contributed by atoms with Gasteiger partial charge in [-0.2, -0.15) is 0 Å². The minimum absolute atomic E-state index is 0.0633. The molecule has 7 heteroatoms. The van der Waals surface area contributed by atoms with Crippen molar-refractivity contribution in [3.63, 3.8) is 0 Å².